The van der Waals surface area contributed by atoms with Gasteiger partial charge in [-0.2, -0.15) is 5.10 Å². The first kappa shape index (κ1) is 12.6. The number of nitro benzene ring substituents is 1. The summed E-state index contributed by atoms with van der Waals surface area (Å²) in [5.41, 5.74) is 0.668. The molecule has 100 valence electrons. The molecule has 2 aromatic rings. The molecular weight excluding hydrogens is 314 g/mol. The van der Waals surface area contributed by atoms with E-state index in [4.69, 9.17) is 4.74 Å². The normalized spacial score (nSPS) is 19.7. The van der Waals surface area contributed by atoms with Gasteiger partial charge in [-0.05, 0) is 25.3 Å². The smallest absolute Gasteiger partial charge is 0.281 e. The lowest BCUT2D eigenvalue weighted by atomic mass is 10.2. The number of aromatic nitrogens is 2. The van der Waals surface area contributed by atoms with Gasteiger partial charge in [-0.15, -0.1) is 0 Å². The van der Waals surface area contributed by atoms with Crippen molar-refractivity contribution in [1.29, 1.82) is 0 Å². The molecule has 0 spiro atoms. The van der Waals surface area contributed by atoms with Gasteiger partial charge in [0.05, 0.1) is 10.3 Å². The Morgan fingerprint density at radius 1 is 1.47 bits per heavy atom. The summed E-state index contributed by atoms with van der Waals surface area (Å²) in [5, 5.41) is 16.0. The van der Waals surface area contributed by atoms with Crippen LogP contribution in [0.3, 0.4) is 0 Å². The number of benzene rings is 1. The van der Waals surface area contributed by atoms with E-state index in [1.165, 1.54) is 6.07 Å². The number of non-ortho nitro benzene ring substituents is 1. The second-order valence-corrected chi connectivity index (χ2v) is 5.46. The van der Waals surface area contributed by atoms with E-state index >= 15 is 0 Å². The Bertz CT molecular complexity index is 634. The highest BCUT2D eigenvalue weighted by Gasteiger charge is 2.21. The predicted octanol–water partition coefficient (Wildman–Crippen LogP) is 3.41. The lowest BCUT2D eigenvalue weighted by Gasteiger charge is -2.22. The van der Waals surface area contributed by atoms with Gasteiger partial charge >= 0.3 is 0 Å². The van der Waals surface area contributed by atoms with Crippen molar-refractivity contribution in [2.75, 3.05) is 6.61 Å². The van der Waals surface area contributed by atoms with Crippen molar-refractivity contribution < 1.29 is 9.66 Å². The van der Waals surface area contributed by atoms with Crippen molar-refractivity contribution >= 4 is 32.5 Å². The van der Waals surface area contributed by atoms with Crippen LogP contribution in [0.2, 0.25) is 0 Å². The molecule has 2 heterocycles. The van der Waals surface area contributed by atoms with Gasteiger partial charge in [-0.1, -0.05) is 15.9 Å². The number of fused-ring (bicyclic) bond motifs is 1. The van der Waals surface area contributed by atoms with Crippen molar-refractivity contribution in [3.05, 3.63) is 32.9 Å². The summed E-state index contributed by atoms with van der Waals surface area (Å²) < 4.78 is 7.99. The third kappa shape index (κ3) is 2.35. The molecule has 1 fully saturated rings. The van der Waals surface area contributed by atoms with Crippen LogP contribution in [0.15, 0.2) is 22.8 Å². The molecule has 0 aliphatic carbocycles. The van der Waals surface area contributed by atoms with Crippen LogP contribution in [0, 0.1) is 10.1 Å². The molecule has 0 saturated carbocycles. The van der Waals surface area contributed by atoms with Crippen molar-refractivity contribution in [3.63, 3.8) is 0 Å². The predicted molar refractivity (Wildman–Crippen MR) is 72.9 cm³/mol. The number of rotatable bonds is 2. The average molecular weight is 326 g/mol. The number of ether oxygens (including phenoxy) is 1. The Morgan fingerprint density at radius 2 is 2.32 bits per heavy atom. The highest BCUT2D eigenvalue weighted by Crippen LogP contribution is 2.31. The Balaban J connectivity index is 2.09. The van der Waals surface area contributed by atoms with E-state index in [9.17, 15) is 10.1 Å². The number of hydrogen-bond acceptors (Lipinski definition) is 4. The molecule has 1 aliphatic rings. The minimum absolute atomic E-state index is 0.0615. The quantitative estimate of drug-likeness (QED) is 0.626. The Kier molecular flexibility index (Phi) is 3.24. The van der Waals surface area contributed by atoms with E-state index < -0.39 is 0 Å². The van der Waals surface area contributed by atoms with Gasteiger partial charge in [0.2, 0.25) is 0 Å². The summed E-state index contributed by atoms with van der Waals surface area (Å²) in [5.74, 6) is 0. The molecule has 0 N–H and O–H groups in total. The fraction of sp³-hybridized carbons (Fsp3) is 0.417. The van der Waals surface area contributed by atoms with Crippen LogP contribution in [0.1, 0.15) is 25.5 Å². The maximum Gasteiger partial charge on any atom is 0.281 e. The first-order chi connectivity index (χ1) is 9.15. The zero-order chi connectivity index (χ0) is 13.4. The Hall–Kier alpha value is -1.47. The maximum atomic E-state index is 11.1. The summed E-state index contributed by atoms with van der Waals surface area (Å²) in [6.07, 6.45) is 4.63. The summed E-state index contributed by atoms with van der Waals surface area (Å²) >= 11 is 3.27. The number of nitro groups is 1. The minimum atomic E-state index is -0.388. The van der Waals surface area contributed by atoms with Crippen molar-refractivity contribution in [2.45, 2.75) is 25.5 Å². The zero-order valence-electron chi connectivity index (χ0n) is 10.1. The van der Waals surface area contributed by atoms with Gasteiger partial charge in [-0.3, -0.25) is 10.1 Å². The third-order valence-electron chi connectivity index (χ3n) is 3.23. The van der Waals surface area contributed by atoms with Crippen LogP contribution in [-0.4, -0.2) is 21.3 Å². The Morgan fingerprint density at radius 3 is 3.00 bits per heavy atom. The fourth-order valence-corrected chi connectivity index (χ4v) is 2.75. The highest BCUT2D eigenvalue weighted by atomic mass is 79.9. The second kappa shape index (κ2) is 4.90. The van der Waals surface area contributed by atoms with Gasteiger partial charge in [-0.25, -0.2) is 4.68 Å². The molecule has 7 heteroatoms. The van der Waals surface area contributed by atoms with E-state index in [1.54, 1.807) is 16.9 Å². The highest BCUT2D eigenvalue weighted by molar-refractivity contribution is 9.10. The van der Waals surface area contributed by atoms with Crippen LogP contribution in [-0.2, 0) is 4.74 Å². The molecule has 1 saturated heterocycles. The molecule has 1 aliphatic heterocycles. The standard InChI is InChI=1S/C12H12BrN3O3/c13-8-5-10-9(11(6-8)16(17)18)7-15(14-10)12-3-1-2-4-19-12/h5-7,12H,1-4H2. The molecular formula is C12H12BrN3O3. The SMILES string of the molecule is O=[N+]([O-])c1cc(Br)cc2nn(C3CCCCO3)cc12. The molecule has 0 radical (unpaired) electrons. The first-order valence-electron chi connectivity index (χ1n) is 6.09. The zero-order valence-corrected chi connectivity index (χ0v) is 11.7. The number of hydrogen-bond donors (Lipinski definition) is 0. The molecule has 6 nitrogen and oxygen atoms in total. The van der Waals surface area contributed by atoms with Crippen LogP contribution in [0.4, 0.5) is 5.69 Å². The molecule has 1 unspecified atom stereocenters. The summed E-state index contributed by atoms with van der Waals surface area (Å²) in [6, 6.07) is 3.28. The Labute approximate surface area is 117 Å². The van der Waals surface area contributed by atoms with Crippen LogP contribution >= 0.6 is 15.9 Å². The van der Waals surface area contributed by atoms with E-state index in [0.29, 0.717) is 22.0 Å². The molecule has 3 rings (SSSR count). The fourth-order valence-electron chi connectivity index (χ4n) is 2.32. The average Bonchev–Trinajstić information content (AvgIpc) is 2.82. The lowest BCUT2D eigenvalue weighted by molar-refractivity contribution is -0.383. The van der Waals surface area contributed by atoms with E-state index in [1.807, 2.05) is 0 Å². The molecule has 1 aromatic heterocycles. The third-order valence-corrected chi connectivity index (χ3v) is 3.69. The van der Waals surface area contributed by atoms with E-state index in [2.05, 4.69) is 21.0 Å². The summed E-state index contributed by atoms with van der Waals surface area (Å²) in [6.45, 7) is 0.715. The molecule has 1 aromatic carbocycles. The van der Waals surface area contributed by atoms with Crippen LogP contribution in [0.5, 0.6) is 0 Å². The summed E-state index contributed by atoms with van der Waals surface area (Å²) in [7, 11) is 0. The summed E-state index contributed by atoms with van der Waals surface area (Å²) in [4.78, 5) is 10.7. The van der Waals surface area contributed by atoms with Gasteiger partial charge in [0.25, 0.3) is 5.69 Å². The molecule has 0 amide bonds. The monoisotopic (exact) mass is 325 g/mol. The number of nitrogens with zero attached hydrogens (tertiary/aromatic N) is 3. The van der Waals surface area contributed by atoms with Crippen molar-refractivity contribution in [1.82, 2.24) is 9.78 Å². The largest absolute Gasteiger partial charge is 0.357 e. The van der Waals surface area contributed by atoms with Crippen LogP contribution < -0.4 is 0 Å². The minimum Gasteiger partial charge on any atom is -0.357 e. The first-order valence-corrected chi connectivity index (χ1v) is 6.89. The number of halogens is 1. The van der Waals surface area contributed by atoms with Crippen molar-refractivity contribution in [3.8, 4) is 0 Å². The second-order valence-electron chi connectivity index (χ2n) is 4.55. The maximum absolute atomic E-state index is 11.1. The van der Waals surface area contributed by atoms with Gasteiger partial charge in [0, 0.05) is 23.3 Å². The van der Waals surface area contributed by atoms with E-state index in [0.717, 1.165) is 19.3 Å². The van der Waals surface area contributed by atoms with Crippen molar-refractivity contribution in [2.24, 2.45) is 0 Å². The van der Waals surface area contributed by atoms with E-state index in [-0.39, 0.29) is 16.8 Å². The van der Waals surface area contributed by atoms with Gasteiger partial charge in [0.1, 0.15) is 11.7 Å². The van der Waals surface area contributed by atoms with Crippen LogP contribution in [0.25, 0.3) is 10.9 Å². The van der Waals surface area contributed by atoms with Gasteiger partial charge < -0.3 is 4.74 Å². The molecule has 0 bridgehead atoms. The topological polar surface area (TPSA) is 70.2 Å². The lowest BCUT2D eigenvalue weighted by Crippen LogP contribution is -2.18. The molecule has 1 atom stereocenters. The van der Waals surface area contributed by atoms with Gasteiger partial charge in [0.15, 0.2) is 0 Å². The molecule has 19 heavy (non-hydrogen) atoms.